The summed E-state index contributed by atoms with van der Waals surface area (Å²) in [5.74, 6) is 0.451. The number of rotatable bonds is 4. The largest absolute Gasteiger partial charge is 0.486 e. The maximum absolute atomic E-state index is 12.7. The Morgan fingerprint density at radius 3 is 2.44 bits per heavy atom. The third kappa shape index (κ3) is 2.81. The zero-order valence-corrected chi connectivity index (χ0v) is 14.0. The Labute approximate surface area is 144 Å². The van der Waals surface area contributed by atoms with Crippen LogP contribution in [0.15, 0.2) is 23.1 Å². The normalized spacial score (nSPS) is 21.2. The quantitative estimate of drug-likeness (QED) is 0.740. The molecule has 0 aromatic heterocycles. The molecule has 2 saturated heterocycles. The van der Waals surface area contributed by atoms with Crippen molar-refractivity contribution in [3.05, 3.63) is 18.2 Å². The van der Waals surface area contributed by atoms with Gasteiger partial charge < -0.3 is 14.2 Å². The molecule has 0 radical (unpaired) electrons. The van der Waals surface area contributed by atoms with Gasteiger partial charge in [-0.2, -0.15) is 4.31 Å². The number of nitrogens with zero attached hydrogens (tertiary/aromatic N) is 2. The molecule has 0 unspecified atom stereocenters. The number of amides is 2. The number of carbonyl (C=O) groups excluding carboxylic acids is 2. The highest BCUT2D eigenvalue weighted by atomic mass is 32.2. The third-order valence-electron chi connectivity index (χ3n) is 4.36. The molecule has 134 valence electrons. The van der Waals surface area contributed by atoms with Crippen molar-refractivity contribution < 1.29 is 32.2 Å². The van der Waals surface area contributed by atoms with E-state index in [1.165, 1.54) is 16.4 Å². The first-order valence-electron chi connectivity index (χ1n) is 7.82. The molecule has 9 nitrogen and oxygen atoms in total. The monoisotopic (exact) mass is 368 g/mol. The van der Waals surface area contributed by atoms with Crippen molar-refractivity contribution in [2.24, 2.45) is 5.92 Å². The Hall–Kier alpha value is -2.33. The molecule has 1 aromatic rings. The minimum atomic E-state index is -3.65. The SMILES string of the molecule is O=C1COC(=O)N1CC1CN(S(=O)(=O)c2ccc3c(c2)OCCO3)C1. The van der Waals surface area contributed by atoms with Gasteiger partial charge in [-0.25, -0.2) is 18.1 Å². The number of cyclic esters (lactones) is 1. The molecule has 3 aliphatic heterocycles. The highest BCUT2D eigenvalue weighted by molar-refractivity contribution is 7.89. The van der Waals surface area contributed by atoms with Crippen LogP contribution in [0.4, 0.5) is 4.79 Å². The van der Waals surface area contributed by atoms with Crippen LogP contribution in [0.1, 0.15) is 0 Å². The molecule has 0 atom stereocenters. The first-order chi connectivity index (χ1) is 11.9. The minimum Gasteiger partial charge on any atom is -0.486 e. The fourth-order valence-corrected chi connectivity index (χ4v) is 4.59. The van der Waals surface area contributed by atoms with E-state index in [1.54, 1.807) is 6.07 Å². The van der Waals surface area contributed by atoms with E-state index in [4.69, 9.17) is 9.47 Å². The summed E-state index contributed by atoms with van der Waals surface area (Å²) in [6.07, 6.45) is -0.668. The molecule has 0 N–H and O–H groups in total. The van der Waals surface area contributed by atoms with E-state index in [2.05, 4.69) is 4.74 Å². The third-order valence-corrected chi connectivity index (χ3v) is 6.18. The van der Waals surface area contributed by atoms with Crippen molar-refractivity contribution in [3.63, 3.8) is 0 Å². The molecular weight excluding hydrogens is 352 g/mol. The zero-order chi connectivity index (χ0) is 17.6. The summed E-state index contributed by atoms with van der Waals surface area (Å²) in [6.45, 7) is 1.23. The minimum absolute atomic E-state index is 0.0958. The van der Waals surface area contributed by atoms with E-state index < -0.39 is 22.0 Å². The number of carbonyl (C=O) groups is 2. The Balaban J connectivity index is 1.43. The maximum Gasteiger partial charge on any atom is 0.417 e. The maximum atomic E-state index is 12.7. The van der Waals surface area contributed by atoms with Gasteiger partial charge in [-0.3, -0.25) is 4.79 Å². The molecule has 0 aliphatic carbocycles. The molecule has 1 aromatic carbocycles. The molecule has 4 rings (SSSR count). The zero-order valence-electron chi connectivity index (χ0n) is 13.2. The highest BCUT2D eigenvalue weighted by Crippen LogP contribution is 2.34. The highest BCUT2D eigenvalue weighted by Gasteiger charge is 2.41. The number of fused-ring (bicyclic) bond motifs is 1. The second-order valence-corrected chi connectivity index (χ2v) is 7.99. The van der Waals surface area contributed by atoms with E-state index in [-0.39, 0.29) is 37.1 Å². The molecule has 25 heavy (non-hydrogen) atoms. The summed E-state index contributed by atoms with van der Waals surface area (Å²) in [5.41, 5.74) is 0. The lowest BCUT2D eigenvalue weighted by atomic mass is 10.0. The van der Waals surface area contributed by atoms with Crippen LogP contribution in [-0.4, -0.2) is 69.1 Å². The van der Waals surface area contributed by atoms with Crippen LogP contribution in [0.2, 0.25) is 0 Å². The van der Waals surface area contributed by atoms with Gasteiger partial charge >= 0.3 is 6.09 Å². The lowest BCUT2D eigenvalue weighted by Gasteiger charge is -2.39. The molecule has 2 fully saturated rings. The molecular formula is C15H16N2O7S. The molecule has 0 saturated carbocycles. The molecule has 3 aliphatic rings. The standard InChI is InChI=1S/C15H16N2O7S/c18-14-9-24-15(19)17(14)8-10-6-16(7-10)25(20,21)11-1-2-12-13(5-11)23-4-3-22-12/h1-2,5,10H,3-4,6-9H2. The Bertz CT molecular complexity index is 816. The fourth-order valence-electron chi connectivity index (χ4n) is 2.98. The van der Waals surface area contributed by atoms with Gasteiger partial charge in [0.25, 0.3) is 5.91 Å². The molecule has 3 heterocycles. The van der Waals surface area contributed by atoms with Crippen molar-refractivity contribution in [2.45, 2.75) is 4.90 Å². The van der Waals surface area contributed by atoms with Gasteiger partial charge in [0, 0.05) is 31.6 Å². The van der Waals surface area contributed by atoms with E-state index in [1.807, 2.05) is 0 Å². The van der Waals surface area contributed by atoms with Gasteiger partial charge in [0.05, 0.1) is 4.90 Å². The van der Waals surface area contributed by atoms with Crippen molar-refractivity contribution in [1.29, 1.82) is 0 Å². The Morgan fingerprint density at radius 2 is 1.76 bits per heavy atom. The van der Waals surface area contributed by atoms with Crippen LogP contribution in [-0.2, 0) is 19.6 Å². The van der Waals surface area contributed by atoms with Crippen molar-refractivity contribution in [3.8, 4) is 11.5 Å². The fraction of sp³-hybridized carbons (Fsp3) is 0.467. The lowest BCUT2D eigenvalue weighted by molar-refractivity contribution is -0.126. The number of imide groups is 1. The smallest absolute Gasteiger partial charge is 0.417 e. The Kier molecular flexibility index (Phi) is 3.80. The first-order valence-corrected chi connectivity index (χ1v) is 9.26. The number of hydrogen-bond donors (Lipinski definition) is 0. The Morgan fingerprint density at radius 1 is 1.04 bits per heavy atom. The van der Waals surface area contributed by atoms with Crippen LogP contribution in [0.25, 0.3) is 0 Å². The van der Waals surface area contributed by atoms with Gasteiger partial charge in [0.15, 0.2) is 18.1 Å². The number of benzene rings is 1. The number of ether oxygens (including phenoxy) is 3. The van der Waals surface area contributed by atoms with Gasteiger partial charge in [0.2, 0.25) is 10.0 Å². The summed E-state index contributed by atoms with van der Waals surface area (Å²) in [7, 11) is -3.65. The van der Waals surface area contributed by atoms with Crippen LogP contribution < -0.4 is 9.47 Å². The average molecular weight is 368 g/mol. The molecule has 2 amide bonds. The summed E-state index contributed by atoms with van der Waals surface area (Å²) in [4.78, 5) is 24.1. The van der Waals surface area contributed by atoms with E-state index >= 15 is 0 Å². The van der Waals surface area contributed by atoms with Gasteiger partial charge in [-0.1, -0.05) is 0 Å². The van der Waals surface area contributed by atoms with Crippen molar-refractivity contribution in [1.82, 2.24) is 9.21 Å². The van der Waals surface area contributed by atoms with Gasteiger partial charge in [-0.05, 0) is 12.1 Å². The van der Waals surface area contributed by atoms with Crippen molar-refractivity contribution >= 4 is 22.0 Å². The van der Waals surface area contributed by atoms with Gasteiger partial charge in [-0.15, -0.1) is 0 Å². The summed E-state index contributed by atoms with van der Waals surface area (Å²) >= 11 is 0. The second-order valence-electron chi connectivity index (χ2n) is 6.05. The van der Waals surface area contributed by atoms with Crippen LogP contribution in [0, 0.1) is 5.92 Å². The van der Waals surface area contributed by atoms with E-state index in [0.717, 1.165) is 4.90 Å². The summed E-state index contributed by atoms with van der Waals surface area (Å²) < 4.78 is 42.1. The predicted molar refractivity (Wildman–Crippen MR) is 82.7 cm³/mol. The lowest BCUT2D eigenvalue weighted by Crippen LogP contribution is -2.54. The first kappa shape index (κ1) is 16.2. The van der Waals surface area contributed by atoms with Crippen molar-refractivity contribution in [2.75, 3.05) is 39.5 Å². The van der Waals surface area contributed by atoms with Crippen LogP contribution >= 0.6 is 0 Å². The van der Waals surface area contributed by atoms with Crippen LogP contribution in [0.3, 0.4) is 0 Å². The molecule has 10 heteroatoms. The van der Waals surface area contributed by atoms with Crippen LogP contribution in [0.5, 0.6) is 11.5 Å². The van der Waals surface area contributed by atoms with E-state index in [9.17, 15) is 18.0 Å². The summed E-state index contributed by atoms with van der Waals surface area (Å²) in [6, 6.07) is 4.52. The number of hydrogen-bond acceptors (Lipinski definition) is 7. The van der Waals surface area contributed by atoms with E-state index in [0.29, 0.717) is 24.7 Å². The van der Waals surface area contributed by atoms with Gasteiger partial charge in [0.1, 0.15) is 13.2 Å². The second kappa shape index (κ2) is 5.88. The predicted octanol–water partition coefficient (Wildman–Crippen LogP) is 0.0571. The molecule has 0 spiro atoms. The summed E-state index contributed by atoms with van der Waals surface area (Å²) in [5, 5.41) is 0. The molecule has 0 bridgehead atoms. The number of sulfonamides is 1. The average Bonchev–Trinajstić information content (AvgIpc) is 2.88. The topological polar surface area (TPSA) is 102 Å².